The van der Waals surface area contributed by atoms with E-state index in [-0.39, 0.29) is 21.6 Å². The molecule has 5 nitrogen and oxygen atoms in total. The van der Waals surface area contributed by atoms with Crippen molar-refractivity contribution >= 4 is 32.8 Å². The molecule has 0 aliphatic carbocycles. The average Bonchev–Trinajstić information content (AvgIpc) is 3.24. The van der Waals surface area contributed by atoms with Crippen LogP contribution in [0.1, 0.15) is 20.9 Å². The second-order valence-electron chi connectivity index (χ2n) is 7.84. The minimum atomic E-state index is -4.52. The summed E-state index contributed by atoms with van der Waals surface area (Å²) in [6.07, 6.45) is -3.50. The first-order chi connectivity index (χ1) is 16.4. The molecule has 0 fully saturated rings. The molecule has 0 spiro atoms. The fraction of sp³-hybridized carbons (Fsp3) is 0.120. The van der Waals surface area contributed by atoms with Crippen LogP contribution >= 0.6 is 11.3 Å². The number of hydrogen-bond acceptors (Lipinski definition) is 5. The Labute approximate surface area is 204 Å². The normalized spacial score (nSPS) is 11.9. The van der Waals surface area contributed by atoms with Crippen molar-refractivity contribution in [2.45, 2.75) is 18.0 Å². The van der Waals surface area contributed by atoms with Crippen LogP contribution in [0.4, 0.5) is 18.9 Å². The van der Waals surface area contributed by atoms with Gasteiger partial charge in [-0.05, 0) is 60.5 Å². The summed E-state index contributed by atoms with van der Waals surface area (Å²) in [5, 5.41) is 5.60. The number of anilines is 1. The van der Waals surface area contributed by atoms with Crippen LogP contribution in [-0.2, 0) is 16.0 Å². The number of nitrogens with one attached hydrogen (secondary N) is 1. The van der Waals surface area contributed by atoms with E-state index in [1.807, 2.05) is 18.4 Å². The number of alkyl halides is 3. The molecule has 4 rings (SSSR count). The lowest BCUT2D eigenvalue weighted by molar-refractivity contribution is -0.137. The molecule has 0 saturated heterocycles. The Morgan fingerprint density at radius 2 is 1.69 bits per heavy atom. The molecule has 35 heavy (non-hydrogen) atoms. The summed E-state index contributed by atoms with van der Waals surface area (Å²) in [7, 11) is -3.62. The van der Waals surface area contributed by atoms with Gasteiger partial charge < -0.3 is 5.32 Å². The van der Waals surface area contributed by atoms with Crippen LogP contribution in [-0.4, -0.2) is 25.6 Å². The maximum atomic E-state index is 13.2. The van der Waals surface area contributed by atoms with Gasteiger partial charge >= 0.3 is 6.18 Å². The van der Waals surface area contributed by atoms with Crippen molar-refractivity contribution in [3.63, 3.8) is 0 Å². The number of aromatic nitrogens is 1. The first kappa shape index (κ1) is 24.6. The van der Waals surface area contributed by atoms with Crippen LogP contribution in [0.3, 0.4) is 0 Å². The Balaban J connectivity index is 1.72. The number of aryl methyl sites for hydroxylation is 1. The van der Waals surface area contributed by atoms with Crippen molar-refractivity contribution in [3.8, 4) is 22.4 Å². The van der Waals surface area contributed by atoms with Gasteiger partial charge in [-0.15, -0.1) is 11.3 Å². The van der Waals surface area contributed by atoms with Crippen molar-refractivity contribution < 1.29 is 26.4 Å². The fourth-order valence-electron chi connectivity index (χ4n) is 3.48. The molecule has 0 saturated carbocycles. The molecule has 0 bridgehead atoms. The number of carbonyl (C=O) groups is 1. The fourth-order valence-corrected chi connectivity index (χ4v) is 4.75. The lowest BCUT2D eigenvalue weighted by Gasteiger charge is -2.14. The van der Waals surface area contributed by atoms with E-state index in [0.29, 0.717) is 5.69 Å². The molecule has 1 amide bonds. The number of rotatable bonds is 5. The van der Waals surface area contributed by atoms with Gasteiger partial charge in [0.1, 0.15) is 0 Å². The van der Waals surface area contributed by atoms with Gasteiger partial charge in [-0.1, -0.05) is 24.3 Å². The van der Waals surface area contributed by atoms with E-state index in [1.165, 1.54) is 41.7 Å². The van der Waals surface area contributed by atoms with E-state index in [9.17, 15) is 26.4 Å². The molecule has 10 heteroatoms. The van der Waals surface area contributed by atoms with Gasteiger partial charge in [0.15, 0.2) is 9.84 Å². The SMILES string of the molecule is Cc1nc(-c2cccc(NC(=O)c3ccc(S(C)(=O)=O)cc3-c3ccc(C(F)(F)F)cc3)c2)cs1. The number of thiazole rings is 1. The van der Waals surface area contributed by atoms with Crippen molar-refractivity contribution in [2.75, 3.05) is 11.6 Å². The quantitative estimate of drug-likeness (QED) is 0.330. The Kier molecular flexibility index (Phi) is 6.52. The molecule has 4 aromatic rings. The highest BCUT2D eigenvalue weighted by molar-refractivity contribution is 7.90. The first-order valence-corrected chi connectivity index (χ1v) is 13.0. The second kappa shape index (κ2) is 9.27. The molecule has 1 aromatic heterocycles. The van der Waals surface area contributed by atoms with Gasteiger partial charge in [0.25, 0.3) is 5.91 Å². The monoisotopic (exact) mass is 516 g/mol. The van der Waals surface area contributed by atoms with E-state index < -0.39 is 27.5 Å². The van der Waals surface area contributed by atoms with E-state index >= 15 is 0 Å². The largest absolute Gasteiger partial charge is 0.416 e. The van der Waals surface area contributed by atoms with E-state index in [0.717, 1.165) is 34.7 Å². The van der Waals surface area contributed by atoms with Crippen LogP contribution < -0.4 is 5.32 Å². The Bertz CT molecular complexity index is 1510. The molecule has 0 aliphatic heterocycles. The summed E-state index contributed by atoms with van der Waals surface area (Å²) in [6, 6.07) is 15.2. The topological polar surface area (TPSA) is 76.1 Å². The zero-order chi connectivity index (χ0) is 25.4. The maximum absolute atomic E-state index is 13.2. The zero-order valence-corrected chi connectivity index (χ0v) is 20.2. The predicted molar refractivity (Wildman–Crippen MR) is 130 cm³/mol. The first-order valence-electron chi connectivity index (χ1n) is 10.3. The van der Waals surface area contributed by atoms with Gasteiger partial charge in [-0.25, -0.2) is 13.4 Å². The zero-order valence-electron chi connectivity index (χ0n) is 18.6. The molecule has 0 atom stereocenters. The van der Waals surface area contributed by atoms with Gasteiger partial charge in [0.2, 0.25) is 0 Å². The predicted octanol–water partition coefficient (Wildman–Crippen LogP) is 6.46. The van der Waals surface area contributed by atoms with Crippen molar-refractivity contribution in [1.82, 2.24) is 4.98 Å². The summed E-state index contributed by atoms with van der Waals surface area (Å²) < 4.78 is 63.2. The van der Waals surface area contributed by atoms with E-state index in [4.69, 9.17) is 0 Å². The minimum Gasteiger partial charge on any atom is -0.322 e. The van der Waals surface area contributed by atoms with Crippen LogP contribution in [0.2, 0.25) is 0 Å². The second-order valence-corrected chi connectivity index (χ2v) is 10.9. The van der Waals surface area contributed by atoms with Gasteiger partial charge in [0.05, 0.1) is 21.2 Å². The van der Waals surface area contributed by atoms with Crippen molar-refractivity contribution in [2.24, 2.45) is 0 Å². The summed E-state index contributed by atoms with van der Waals surface area (Å²) >= 11 is 1.50. The summed E-state index contributed by atoms with van der Waals surface area (Å²) in [5.41, 5.74) is 1.82. The number of benzene rings is 3. The van der Waals surface area contributed by atoms with Gasteiger partial charge in [0, 0.05) is 28.5 Å². The summed E-state index contributed by atoms with van der Waals surface area (Å²) in [4.78, 5) is 17.6. The van der Waals surface area contributed by atoms with Crippen LogP contribution in [0.5, 0.6) is 0 Å². The number of amides is 1. The average molecular weight is 517 g/mol. The summed E-state index contributed by atoms with van der Waals surface area (Å²) in [6.45, 7) is 1.89. The number of carbonyl (C=O) groups excluding carboxylic acids is 1. The third-order valence-electron chi connectivity index (χ3n) is 5.22. The molecule has 1 N–H and O–H groups in total. The molecule has 1 heterocycles. The smallest absolute Gasteiger partial charge is 0.322 e. The van der Waals surface area contributed by atoms with Crippen LogP contribution in [0.15, 0.2) is 77.0 Å². The van der Waals surface area contributed by atoms with Gasteiger partial charge in [-0.3, -0.25) is 4.79 Å². The molecule has 3 aromatic carbocycles. The molecule has 0 radical (unpaired) electrons. The minimum absolute atomic E-state index is 0.0511. The Hall–Kier alpha value is -3.50. The van der Waals surface area contributed by atoms with E-state index in [2.05, 4.69) is 10.3 Å². The molecular formula is C25H19F3N2O3S2. The summed E-state index contributed by atoms with van der Waals surface area (Å²) in [5.74, 6) is -0.536. The lowest BCUT2D eigenvalue weighted by Crippen LogP contribution is -2.14. The van der Waals surface area contributed by atoms with Crippen LogP contribution in [0, 0.1) is 6.92 Å². The van der Waals surface area contributed by atoms with Crippen molar-refractivity contribution in [3.05, 3.63) is 88.2 Å². The molecule has 0 aliphatic rings. The molecule has 0 unspecified atom stereocenters. The highest BCUT2D eigenvalue weighted by atomic mass is 32.2. The standard InChI is InChI=1S/C25H19F3N2O3S2/c1-15-29-23(14-34-15)17-4-3-5-19(12-17)30-24(31)21-11-10-20(35(2,32)33)13-22(21)16-6-8-18(9-7-16)25(26,27)28/h3-14H,1-2H3,(H,30,31). The van der Waals surface area contributed by atoms with Crippen LogP contribution in [0.25, 0.3) is 22.4 Å². The third kappa shape index (κ3) is 5.60. The number of halogens is 3. The number of nitrogens with zero attached hydrogens (tertiary/aromatic N) is 1. The van der Waals surface area contributed by atoms with Gasteiger partial charge in [-0.2, -0.15) is 13.2 Å². The maximum Gasteiger partial charge on any atom is 0.416 e. The molecular weight excluding hydrogens is 497 g/mol. The number of sulfone groups is 1. The lowest BCUT2D eigenvalue weighted by atomic mass is 9.98. The Morgan fingerprint density at radius 3 is 2.29 bits per heavy atom. The molecule has 180 valence electrons. The highest BCUT2D eigenvalue weighted by Gasteiger charge is 2.30. The Morgan fingerprint density at radius 1 is 0.971 bits per heavy atom. The highest BCUT2D eigenvalue weighted by Crippen LogP contribution is 2.33. The van der Waals surface area contributed by atoms with Crippen molar-refractivity contribution in [1.29, 1.82) is 0 Å². The third-order valence-corrected chi connectivity index (χ3v) is 7.11. The number of hydrogen-bond donors (Lipinski definition) is 1. The van der Waals surface area contributed by atoms with E-state index in [1.54, 1.807) is 18.2 Å².